The molecule has 0 saturated carbocycles. The van der Waals surface area contributed by atoms with Crippen LogP contribution in [0.1, 0.15) is 45.1 Å². The number of carbonyl (C=O) groups is 2. The molecule has 1 heterocycles. The third-order valence-electron chi connectivity index (χ3n) is 4.54. The Bertz CT molecular complexity index is 541. The Labute approximate surface area is 150 Å². The second kappa shape index (κ2) is 10.2. The molecule has 0 bridgehead atoms. The fourth-order valence-corrected chi connectivity index (χ4v) is 3.11. The number of ether oxygens (including phenoxy) is 1. The number of nitrogens with zero attached hydrogens (tertiary/aromatic N) is 1. The minimum atomic E-state index is -0.465. The highest BCUT2D eigenvalue weighted by molar-refractivity contribution is 5.83. The lowest BCUT2D eigenvalue weighted by atomic mass is 10.0. The van der Waals surface area contributed by atoms with Crippen molar-refractivity contribution in [1.29, 1.82) is 0 Å². The van der Waals surface area contributed by atoms with Crippen LogP contribution in [0.5, 0.6) is 0 Å². The van der Waals surface area contributed by atoms with Crippen molar-refractivity contribution in [2.75, 3.05) is 19.7 Å². The van der Waals surface area contributed by atoms with Crippen LogP contribution in [0.4, 0.5) is 0 Å². The van der Waals surface area contributed by atoms with E-state index in [0.717, 1.165) is 38.8 Å². The summed E-state index contributed by atoms with van der Waals surface area (Å²) >= 11 is 0. The van der Waals surface area contributed by atoms with Gasteiger partial charge in [-0.15, -0.1) is 0 Å². The number of amides is 1. The maximum Gasteiger partial charge on any atom is 0.323 e. The van der Waals surface area contributed by atoms with Crippen LogP contribution in [0.2, 0.25) is 0 Å². The molecule has 1 N–H and O–H groups in total. The van der Waals surface area contributed by atoms with E-state index in [1.807, 2.05) is 49.1 Å². The average Bonchev–Trinajstić information content (AvgIpc) is 3.17. The van der Waals surface area contributed by atoms with Gasteiger partial charge in [-0.2, -0.15) is 0 Å². The summed E-state index contributed by atoms with van der Waals surface area (Å²) in [6.07, 6.45) is 4.30. The molecule has 2 atom stereocenters. The quantitative estimate of drug-likeness (QED) is 0.698. The van der Waals surface area contributed by atoms with Crippen LogP contribution in [-0.2, 0) is 20.7 Å². The normalized spacial score (nSPS) is 16.5. The summed E-state index contributed by atoms with van der Waals surface area (Å²) < 4.78 is 5.32. The van der Waals surface area contributed by atoms with Crippen LogP contribution >= 0.6 is 0 Å². The highest BCUT2D eigenvalue weighted by Crippen LogP contribution is 2.11. The van der Waals surface area contributed by atoms with Crippen LogP contribution in [0.25, 0.3) is 0 Å². The zero-order chi connectivity index (χ0) is 18.1. The fraction of sp³-hybridized carbons (Fsp3) is 0.600. The molecule has 0 aliphatic carbocycles. The van der Waals surface area contributed by atoms with E-state index in [1.54, 1.807) is 0 Å². The largest absolute Gasteiger partial charge is 0.465 e. The first kappa shape index (κ1) is 19.4. The molecule has 1 saturated heterocycles. The second-order valence-electron chi connectivity index (χ2n) is 6.67. The van der Waals surface area contributed by atoms with Crippen LogP contribution in [0, 0.1) is 0 Å². The first-order valence-corrected chi connectivity index (χ1v) is 9.37. The first-order valence-electron chi connectivity index (χ1n) is 9.37. The van der Waals surface area contributed by atoms with Crippen molar-refractivity contribution in [3.8, 4) is 0 Å². The molecule has 25 heavy (non-hydrogen) atoms. The number of likely N-dealkylation sites (tertiary alicyclic amines) is 1. The third-order valence-corrected chi connectivity index (χ3v) is 4.54. The number of rotatable bonds is 9. The van der Waals surface area contributed by atoms with E-state index in [9.17, 15) is 9.59 Å². The monoisotopic (exact) mass is 346 g/mol. The number of hydrogen-bond donors (Lipinski definition) is 1. The van der Waals surface area contributed by atoms with Crippen molar-refractivity contribution in [2.24, 2.45) is 0 Å². The van der Waals surface area contributed by atoms with Crippen molar-refractivity contribution in [1.82, 2.24) is 10.2 Å². The summed E-state index contributed by atoms with van der Waals surface area (Å²) in [5.41, 5.74) is 1.18. The molecular formula is C20H30N2O3. The maximum atomic E-state index is 12.5. The first-order chi connectivity index (χ1) is 12.1. The molecule has 1 aromatic rings. The summed E-state index contributed by atoms with van der Waals surface area (Å²) in [4.78, 5) is 26.8. The van der Waals surface area contributed by atoms with Crippen molar-refractivity contribution >= 4 is 11.9 Å². The highest BCUT2D eigenvalue weighted by atomic mass is 16.5. The van der Waals surface area contributed by atoms with Gasteiger partial charge >= 0.3 is 5.97 Å². The van der Waals surface area contributed by atoms with Gasteiger partial charge in [0.2, 0.25) is 5.91 Å². The van der Waals surface area contributed by atoms with Gasteiger partial charge in [-0.3, -0.25) is 14.9 Å². The molecule has 5 nitrogen and oxygen atoms in total. The SMILES string of the molecule is CCCOC(=O)[C@H](CCc1ccccc1)N[C@@H](C)C(=O)N1CCCC1. The van der Waals surface area contributed by atoms with Gasteiger partial charge in [0.05, 0.1) is 12.6 Å². The molecule has 138 valence electrons. The molecule has 1 aliphatic rings. The van der Waals surface area contributed by atoms with Gasteiger partial charge in [-0.25, -0.2) is 0 Å². The van der Waals surface area contributed by atoms with E-state index in [1.165, 1.54) is 5.56 Å². The fourth-order valence-electron chi connectivity index (χ4n) is 3.11. The van der Waals surface area contributed by atoms with Gasteiger partial charge in [-0.1, -0.05) is 37.3 Å². The number of hydrogen-bond acceptors (Lipinski definition) is 4. The molecule has 5 heteroatoms. The maximum absolute atomic E-state index is 12.5. The van der Waals surface area contributed by atoms with Crippen molar-refractivity contribution < 1.29 is 14.3 Å². The smallest absolute Gasteiger partial charge is 0.323 e. The Balaban J connectivity index is 1.94. The van der Waals surface area contributed by atoms with Crippen molar-refractivity contribution in [3.63, 3.8) is 0 Å². The lowest BCUT2D eigenvalue weighted by Crippen LogP contribution is -2.50. The summed E-state index contributed by atoms with van der Waals surface area (Å²) in [5.74, 6) is -0.190. The van der Waals surface area contributed by atoms with Gasteiger partial charge in [0.25, 0.3) is 0 Å². The Morgan fingerprint density at radius 3 is 2.52 bits per heavy atom. The zero-order valence-electron chi connectivity index (χ0n) is 15.4. The van der Waals surface area contributed by atoms with E-state index in [0.29, 0.717) is 13.0 Å². The van der Waals surface area contributed by atoms with Crippen LogP contribution in [-0.4, -0.2) is 48.6 Å². The van der Waals surface area contributed by atoms with E-state index in [-0.39, 0.29) is 17.9 Å². The van der Waals surface area contributed by atoms with E-state index < -0.39 is 6.04 Å². The zero-order valence-corrected chi connectivity index (χ0v) is 15.4. The standard InChI is InChI=1S/C20H30N2O3/c1-3-15-25-20(24)18(12-11-17-9-5-4-6-10-17)21-16(2)19(23)22-13-7-8-14-22/h4-6,9-10,16,18,21H,3,7-8,11-15H2,1-2H3/t16-,18-/m0/s1. The Morgan fingerprint density at radius 1 is 1.20 bits per heavy atom. The predicted octanol–water partition coefficient (Wildman–Crippen LogP) is 2.54. The van der Waals surface area contributed by atoms with E-state index in [2.05, 4.69) is 5.32 Å². The van der Waals surface area contributed by atoms with E-state index in [4.69, 9.17) is 4.74 Å². The Morgan fingerprint density at radius 2 is 1.88 bits per heavy atom. The van der Waals surface area contributed by atoms with E-state index >= 15 is 0 Å². The molecule has 1 amide bonds. The average molecular weight is 346 g/mol. The molecule has 0 spiro atoms. The summed E-state index contributed by atoms with van der Waals surface area (Å²) in [7, 11) is 0. The minimum absolute atomic E-state index is 0.0745. The van der Waals surface area contributed by atoms with Crippen LogP contribution in [0.3, 0.4) is 0 Å². The highest BCUT2D eigenvalue weighted by Gasteiger charge is 2.28. The van der Waals surface area contributed by atoms with Gasteiger partial charge in [0.1, 0.15) is 6.04 Å². The van der Waals surface area contributed by atoms with Gasteiger partial charge in [-0.05, 0) is 44.6 Å². The molecule has 1 aromatic carbocycles. The molecule has 0 unspecified atom stereocenters. The lowest BCUT2D eigenvalue weighted by molar-refractivity contribution is -0.147. The van der Waals surface area contributed by atoms with Gasteiger partial charge in [0, 0.05) is 13.1 Å². The molecule has 0 aromatic heterocycles. The lowest BCUT2D eigenvalue weighted by Gasteiger charge is -2.25. The van der Waals surface area contributed by atoms with Gasteiger partial charge in [0.15, 0.2) is 0 Å². The topological polar surface area (TPSA) is 58.6 Å². The van der Waals surface area contributed by atoms with Gasteiger partial charge < -0.3 is 9.64 Å². The number of esters is 1. The Kier molecular flexibility index (Phi) is 7.92. The van der Waals surface area contributed by atoms with Crippen molar-refractivity contribution in [2.45, 2.75) is 58.0 Å². The third kappa shape index (κ3) is 6.16. The molecular weight excluding hydrogens is 316 g/mol. The summed E-state index contributed by atoms with van der Waals surface area (Å²) in [6.45, 7) is 5.86. The predicted molar refractivity (Wildman–Crippen MR) is 98.2 cm³/mol. The number of nitrogens with one attached hydrogen (secondary N) is 1. The van der Waals surface area contributed by atoms with Crippen LogP contribution in [0.15, 0.2) is 30.3 Å². The number of benzene rings is 1. The molecule has 2 rings (SSSR count). The number of carbonyl (C=O) groups excluding carboxylic acids is 2. The molecule has 1 fully saturated rings. The Hall–Kier alpha value is -1.88. The summed E-state index contributed by atoms with van der Waals surface area (Å²) in [5, 5.41) is 3.21. The number of aryl methyl sites for hydroxylation is 1. The molecule has 0 radical (unpaired) electrons. The summed E-state index contributed by atoms with van der Waals surface area (Å²) in [6, 6.07) is 9.21. The van der Waals surface area contributed by atoms with Crippen molar-refractivity contribution in [3.05, 3.63) is 35.9 Å². The molecule has 1 aliphatic heterocycles. The second-order valence-corrected chi connectivity index (χ2v) is 6.67. The minimum Gasteiger partial charge on any atom is -0.465 e. The van der Waals surface area contributed by atoms with Crippen LogP contribution < -0.4 is 5.32 Å².